The molecule has 2 amide bonds. The number of nitrogens with one attached hydrogen (secondary N) is 1. The smallest absolute Gasteiger partial charge is 0.289 e. The first kappa shape index (κ1) is 22.4. The second kappa shape index (κ2) is 10.7. The summed E-state index contributed by atoms with van der Waals surface area (Å²) in [6, 6.07) is 8.00. The van der Waals surface area contributed by atoms with Gasteiger partial charge < -0.3 is 15.0 Å². The summed E-state index contributed by atoms with van der Waals surface area (Å²) < 4.78 is 7.09. The number of hydrogen-bond donors (Lipinski definition) is 1. The normalized spacial score (nSPS) is 26.5. The molecule has 5 nitrogen and oxygen atoms in total. The molecule has 1 aromatic carbocycles. The number of carbonyl (C=O) groups excluding carboxylic acids is 2. The maximum atomic E-state index is 13.4. The van der Waals surface area contributed by atoms with Crippen molar-refractivity contribution >= 4 is 33.8 Å². The van der Waals surface area contributed by atoms with E-state index < -0.39 is 0 Å². The molecule has 0 aromatic heterocycles. The SMILES string of the molecule is O=C(CN1C(=O)/C(=C\c2ccccc2Br)OC2CCCCC21)NC1CCCCCCC1. The van der Waals surface area contributed by atoms with Crippen molar-refractivity contribution in [3.05, 3.63) is 40.1 Å². The van der Waals surface area contributed by atoms with E-state index in [-0.39, 0.29) is 36.5 Å². The van der Waals surface area contributed by atoms with Crippen LogP contribution in [-0.2, 0) is 14.3 Å². The molecule has 0 bridgehead atoms. The van der Waals surface area contributed by atoms with Gasteiger partial charge in [0.2, 0.25) is 5.91 Å². The Kier molecular flexibility index (Phi) is 7.70. The quantitative estimate of drug-likeness (QED) is 0.593. The van der Waals surface area contributed by atoms with Gasteiger partial charge in [0.1, 0.15) is 12.6 Å². The van der Waals surface area contributed by atoms with Gasteiger partial charge in [0.25, 0.3) is 5.91 Å². The van der Waals surface area contributed by atoms with Crippen LogP contribution in [-0.4, -0.2) is 41.4 Å². The zero-order valence-electron chi connectivity index (χ0n) is 18.2. The highest BCUT2D eigenvalue weighted by molar-refractivity contribution is 9.10. The Morgan fingerprint density at radius 3 is 2.48 bits per heavy atom. The number of nitrogens with zero attached hydrogens (tertiary/aromatic N) is 1. The van der Waals surface area contributed by atoms with E-state index in [1.165, 1.54) is 32.1 Å². The van der Waals surface area contributed by atoms with Crippen LogP contribution >= 0.6 is 15.9 Å². The molecule has 168 valence electrons. The van der Waals surface area contributed by atoms with Crippen LogP contribution in [0.2, 0.25) is 0 Å². The lowest BCUT2D eigenvalue weighted by atomic mass is 9.89. The van der Waals surface area contributed by atoms with Crippen molar-refractivity contribution in [1.29, 1.82) is 0 Å². The number of fused-ring (bicyclic) bond motifs is 1. The first-order chi connectivity index (χ1) is 15.1. The number of ether oxygens (including phenoxy) is 1. The minimum absolute atomic E-state index is 0.0132. The Hall–Kier alpha value is -1.82. The molecule has 1 heterocycles. The molecular weight excluding hydrogens is 456 g/mol. The van der Waals surface area contributed by atoms with E-state index in [9.17, 15) is 9.59 Å². The van der Waals surface area contributed by atoms with Crippen molar-refractivity contribution < 1.29 is 14.3 Å². The molecule has 2 saturated carbocycles. The average Bonchev–Trinajstić information content (AvgIpc) is 2.74. The van der Waals surface area contributed by atoms with Crippen LogP contribution in [0.25, 0.3) is 6.08 Å². The molecule has 1 N–H and O–H groups in total. The second-order valence-electron chi connectivity index (χ2n) is 9.08. The maximum absolute atomic E-state index is 13.4. The third-order valence-corrected chi connectivity index (χ3v) is 7.52. The molecule has 2 unspecified atom stereocenters. The summed E-state index contributed by atoms with van der Waals surface area (Å²) in [6.07, 6.45) is 14.0. The van der Waals surface area contributed by atoms with E-state index in [1.54, 1.807) is 11.0 Å². The average molecular weight is 489 g/mol. The number of morpholine rings is 1. The molecule has 0 spiro atoms. The van der Waals surface area contributed by atoms with Gasteiger partial charge in [0.15, 0.2) is 5.76 Å². The Morgan fingerprint density at radius 1 is 1.03 bits per heavy atom. The topological polar surface area (TPSA) is 58.6 Å². The first-order valence-corrected chi connectivity index (χ1v) is 12.6. The number of benzene rings is 1. The van der Waals surface area contributed by atoms with Crippen LogP contribution in [0.5, 0.6) is 0 Å². The van der Waals surface area contributed by atoms with Crippen molar-refractivity contribution in [1.82, 2.24) is 10.2 Å². The lowest BCUT2D eigenvalue weighted by Gasteiger charge is -2.44. The van der Waals surface area contributed by atoms with Gasteiger partial charge in [-0.3, -0.25) is 9.59 Å². The number of hydrogen-bond acceptors (Lipinski definition) is 3. The molecule has 4 rings (SSSR count). The minimum atomic E-state index is -0.174. The molecule has 6 heteroatoms. The standard InChI is InChI=1S/C25H33BrN2O3/c26-20-13-7-6-10-18(20)16-23-25(30)28(21-14-8-9-15-22(21)31-23)17-24(29)27-19-11-4-2-1-3-5-12-19/h6-7,10,13,16,19,21-22H,1-5,8-9,11-12,14-15,17H2,(H,27,29)/b23-16+. The molecule has 2 atom stereocenters. The van der Waals surface area contributed by atoms with Gasteiger partial charge >= 0.3 is 0 Å². The van der Waals surface area contributed by atoms with E-state index in [2.05, 4.69) is 21.2 Å². The summed E-state index contributed by atoms with van der Waals surface area (Å²) in [5, 5.41) is 3.22. The Morgan fingerprint density at radius 2 is 1.71 bits per heavy atom. The van der Waals surface area contributed by atoms with E-state index in [4.69, 9.17) is 4.74 Å². The van der Waals surface area contributed by atoms with Crippen LogP contribution in [0.3, 0.4) is 0 Å². The Balaban J connectivity index is 1.49. The van der Waals surface area contributed by atoms with E-state index >= 15 is 0 Å². The lowest BCUT2D eigenvalue weighted by Crippen LogP contribution is -2.57. The predicted molar refractivity (Wildman–Crippen MR) is 125 cm³/mol. The number of halogens is 1. The van der Waals surface area contributed by atoms with Crippen molar-refractivity contribution in [2.24, 2.45) is 0 Å². The van der Waals surface area contributed by atoms with Gasteiger partial charge in [0.05, 0.1) is 6.04 Å². The zero-order valence-corrected chi connectivity index (χ0v) is 19.7. The zero-order chi connectivity index (χ0) is 21.6. The third kappa shape index (κ3) is 5.71. The van der Waals surface area contributed by atoms with Gasteiger partial charge in [-0.2, -0.15) is 0 Å². The fourth-order valence-electron chi connectivity index (χ4n) is 5.12. The summed E-state index contributed by atoms with van der Waals surface area (Å²) in [7, 11) is 0. The van der Waals surface area contributed by atoms with Crippen molar-refractivity contribution in [3.63, 3.8) is 0 Å². The van der Waals surface area contributed by atoms with E-state index in [1.807, 2.05) is 24.3 Å². The van der Waals surface area contributed by atoms with Crippen LogP contribution < -0.4 is 5.32 Å². The molecule has 1 aliphatic heterocycles. The molecular formula is C25H33BrN2O3. The molecule has 1 saturated heterocycles. The van der Waals surface area contributed by atoms with Crippen LogP contribution in [0.15, 0.2) is 34.5 Å². The van der Waals surface area contributed by atoms with Gasteiger partial charge in [-0.05, 0) is 49.8 Å². The maximum Gasteiger partial charge on any atom is 0.289 e. The summed E-state index contributed by atoms with van der Waals surface area (Å²) in [5.41, 5.74) is 0.902. The number of amides is 2. The van der Waals surface area contributed by atoms with Gasteiger partial charge in [-0.1, -0.05) is 72.7 Å². The molecule has 2 aliphatic carbocycles. The highest BCUT2D eigenvalue weighted by Gasteiger charge is 2.42. The predicted octanol–water partition coefficient (Wildman–Crippen LogP) is 5.19. The number of carbonyl (C=O) groups is 2. The molecule has 31 heavy (non-hydrogen) atoms. The summed E-state index contributed by atoms with van der Waals surface area (Å²) in [6.45, 7) is 0.118. The van der Waals surface area contributed by atoms with Gasteiger partial charge in [0, 0.05) is 10.5 Å². The van der Waals surface area contributed by atoms with E-state index in [0.717, 1.165) is 48.6 Å². The molecule has 1 aromatic rings. The largest absolute Gasteiger partial charge is 0.482 e. The highest BCUT2D eigenvalue weighted by Crippen LogP contribution is 2.34. The van der Waals surface area contributed by atoms with Gasteiger partial charge in [-0.15, -0.1) is 0 Å². The molecule has 3 aliphatic rings. The summed E-state index contributed by atoms with van der Waals surface area (Å²) in [4.78, 5) is 28.1. The van der Waals surface area contributed by atoms with Gasteiger partial charge in [-0.25, -0.2) is 0 Å². The molecule has 0 radical (unpaired) electrons. The minimum Gasteiger partial charge on any atom is -0.482 e. The fourth-order valence-corrected chi connectivity index (χ4v) is 5.52. The monoisotopic (exact) mass is 488 g/mol. The van der Waals surface area contributed by atoms with Crippen molar-refractivity contribution in [2.75, 3.05) is 6.54 Å². The fraction of sp³-hybridized carbons (Fsp3) is 0.600. The highest BCUT2D eigenvalue weighted by atomic mass is 79.9. The van der Waals surface area contributed by atoms with Crippen LogP contribution in [0, 0.1) is 0 Å². The first-order valence-electron chi connectivity index (χ1n) is 11.8. The van der Waals surface area contributed by atoms with Crippen molar-refractivity contribution in [3.8, 4) is 0 Å². The summed E-state index contributed by atoms with van der Waals surface area (Å²) in [5.74, 6) is 0.130. The number of rotatable bonds is 4. The Bertz CT molecular complexity index is 817. The summed E-state index contributed by atoms with van der Waals surface area (Å²) >= 11 is 3.55. The van der Waals surface area contributed by atoms with Crippen LogP contribution in [0.1, 0.15) is 76.2 Å². The lowest BCUT2D eigenvalue weighted by molar-refractivity contribution is -0.152. The third-order valence-electron chi connectivity index (χ3n) is 6.79. The molecule has 3 fully saturated rings. The van der Waals surface area contributed by atoms with E-state index in [0.29, 0.717) is 5.76 Å². The van der Waals surface area contributed by atoms with Crippen LogP contribution in [0.4, 0.5) is 0 Å². The second-order valence-corrected chi connectivity index (χ2v) is 9.94. The Labute approximate surface area is 193 Å². The van der Waals surface area contributed by atoms with Crippen molar-refractivity contribution in [2.45, 2.75) is 88.8 Å².